The summed E-state index contributed by atoms with van der Waals surface area (Å²) >= 11 is 1.24. The van der Waals surface area contributed by atoms with E-state index in [0.29, 0.717) is 28.2 Å². The van der Waals surface area contributed by atoms with E-state index in [-0.39, 0.29) is 18.5 Å². The van der Waals surface area contributed by atoms with Crippen LogP contribution in [0.5, 0.6) is 11.5 Å². The predicted molar refractivity (Wildman–Crippen MR) is 108 cm³/mol. The Bertz CT molecular complexity index is 1050. The molecule has 4 rings (SSSR count). The molecule has 0 bridgehead atoms. The minimum absolute atomic E-state index is 0.179. The predicted octanol–water partition coefficient (Wildman–Crippen LogP) is 3.96. The van der Waals surface area contributed by atoms with E-state index in [1.165, 1.54) is 23.9 Å². The molecule has 0 saturated heterocycles. The van der Waals surface area contributed by atoms with Gasteiger partial charge in [0.15, 0.2) is 11.5 Å². The molecule has 0 radical (unpaired) electrons. The van der Waals surface area contributed by atoms with Crippen LogP contribution in [-0.2, 0) is 4.79 Å². The van der Waals surface area contributed by atoms with Gasteiger partial charge in [0.2, 0.25) is 17.9 Å². The lowest BCUT2D eigenvalue weighted by Crippen LogP contribution is -2.22. The fourth-order valence-corrected chi connectivity index (χ4v) is 3.30. The maximum absolute atomic E-state index is 12.9. The average molecular weight is 412 g/mol. The number of halogens is 1. The van der Waals surface area contributed by atoms with E-state index < -0.39 is 5.25 Å². The zero-order valence-electron chi connectivity index (χ0n) is 15.4. The topological polar surface area (TPSA) is 89.1 Å². The van der Waals surface area contributed by atoms with Gasteiger partial charge < -0.3 is 14.8 Å². The Hall–Kier alpha value is -3.33. The van der Waals surface area contributed by atoms with Crippen molar-refractivity contribution in [3.05, 3.63) is 59.7 Å². The first kappa shape index (κ1) is 19.0. The Morgan fingerprint density at radius 2 is 2.00 bits per heavy atom. The number of rotatable bonds is 6. The molecule has 1 aliphatic rings. The van der Waals surface area contributed by atoms with Crippen LogP contribution in [-0.4, -0.2) is 33.1 Å². The molecular formula is C20H17FN4O3S. The molecule has 9 heteroatoms. The van der Waals surface area contributed by atoms with Crippen LogP contribution >= 0.6 is 11.8 Å². The van der Waals surface area contributed by atoms with Crippen LogP contribution in [0.1, 0.15) is 18.3 Å². The quantitative estimate of drug-likeness (QED) is 0.596. The van der Waals surface area contributed by atoms with Gasteiger partial charge in [0.25, 0.3) is 0 Å². The number of aromatic nitrogens is 3. The maximum Gasteiger partial charge on any atom is 0.237 e. The van der Waals surface area contributed by atoms with E-state index in [2.05, 4.69) is 20.5 Å². The van der Waals surface area contributed by atoms with Crippen molar-refractivity contribution in [2.24, 2.45) is 0 Å². The first-order chi connectivity index (χ1) is 14.1. The Morgan fingerprint density at radius 3 is 2.83 bits per heavy atom. The molecule has 2 heterocycles. The Morgan fingerprint density at radius 1 is 1.21 bits per heavy atom. The van der Waals surface area contributed by atoms with Crippen molar-refractivity contribution in [3.8, 4) is 11.5 Å². The molecular weight excluding hydrogens is 395 g/mol. The van der Waals surface area contributed by atoms with E-state index in [9.17, 15) is 9.18 Å². The molecule has 1 aromatic heterocycles. The van der Waals surface area contributed by atoms with Gasteiger partial charge in [-0.15, -0.1) is 5.10 Å². The number of fused-ring (bicyclic) bond motifs is 1. The minimum atomic E-state index is -0.412. The second kappa shape index (κ2) is 8.36. The summed E-state index contributed by atoms with van der Waals surface area (Å²) in [5, 5.41) is 9.81. The lowest BCUT2D eigenvalue weighted by Gasteiger charge is -2.10. The molecule has 1 atom stereocenters. The number of amides is 1. The lowest BCUT2D eigenvalue weighted by molar-refractivity contribution is -0.115. The Labute approximate surface area is 170 Å². The molecule has 1 amide bonds. The van der Waals surface area contributed by atoms with Crippen molar-refractivity contribution >= 4 is 35.5 Å². The molecule has 0 aliphatic carbocycles. The van der Waals surface area contributed by atoms with Crippen LogP contribution in [0.2, 0.25) is 0 Å². The molecule has 148 valence electrons. The number of anilines is 1. The third kappa shape index (κ3) is 4.75. The highest BCUT2D eigenvalue weighted by Gasteiger charge is 2.19. The van der Waals surface area contributed by atoms with Gasteiger partial charge in [0.05, 0.1) is 5.25 Å². The number of benzene rings is 2. The monoisotopic (exact) mass is 412 g/mol. The highest BCUT2D eigenvalue weighted by Crippen LogP contribution is 2.34. The van der Waals surface area contributed by atoms with Gasteiger partial charge in [-0.25, -0.2) is 9.37 Å². The largest absolute Gasteiger partial charge is 0.454 e. The normalized spacial score (nSPS) is 13.6. The second-order valence-corrected chi connectivity index (χ2v) is 7.51. The minimum Gasteiger partial charge on any atom is -0.454 e. The Kier molecular flexibility index (Phi) is 5.48. The van der Waals surface area contributed by atoms with Gasteiger partial charge >= 0.3 is 0 Å². The summed E-state index contributed by atoms with van der Waals surface area (Å²) in [6.07, 6.45) is 3.53. The van der Waals surface area contributed by atoms with Crippen LogP contribution < -0.4 is 14.8 Å². The SMILES string of the molecule is CC(Sc1n[nH]c(C=Cc2ccc(F)cc2)n1)C(=O)Nc1ccc2c(c1)OCO2. The van der Waals surface area contributed by atoms with Crippen LogP contribution in [0.25, 0.3) is 12.2 Å². The third-order valence-corrected chi connectivity index (χ3v) is 5.04. The number of nitrogens with one attached hydrogen (secondary N) is 2. The van der Waals surface area contributed by atoms with Crippen molar-refractivity contribution in [1.29, 1.82) is 0 Å². The highest BCUT2D eigenvalue weighted by molar-refractivity contribution is 8.00. The molecule has 1 aliphatic heterocycles. The summed E-state index contributed by atoms with van der Waals surface area (Å²) in [7, 11) is 0. The molecule has 2 N–H and O–H groups in total. The van der Waals surface area contributed by atoms with Crippen LogP contribution in [0.3, 0.4) is 0 Å². The van der Waals surface area contributed by atoms with Crippen molar-refractivity contribution in [3.63, 3.8) is 0 Å². The summed E-state index contributed by atoms with van der Waals surface area (Å²) in [5.74, 6) is 1.35. The number of thioether (sulfide) groups is 1. The highest BCUT2D eigenvalue weighted by atomic mass is 32.2. The summed E-state index contributed by atoms with van der Waals surface area (Å²) in [4.78, 5) is 16.8. The van der Waals surface area contributed by atoms with Gasteiger partial charge in [-0.2, -0.15) is 0 Å². The molecule has 2 aromatic carbocycles. The summed E-state index contributed by atoms with van der Waals surface area (Å²) in [6.45, 7) is 1.96. The van der Waals surface area contributed by atoms with E-state index >= 15 is 0 Å². The summed E-state index contributed by atoms with van der Waals surface area (Å²) < 4.78 is 23.5. The number of aromatic amines is 1. The van der Waals surface area contributed by atoms with Gasteiger partial charge in [0.1, 0.15) is 11.6 Å². The number of ether oxygens (including phenoxy) is 2. The first-order valence-corrected chi connectivity index (χ1v) is 9.68. The zero-order chi connectivity index (χ0) is 20.2. The Balaban J connectivity index is 1.34. The third-order valence-electron chi connectivity index (χ3n) is 4.08. The molecule has 0 fully saturated rings. The van der Waals surface area contributed by atoms with Crippen molar-refractivity contribution in [2.75, 3.05) is 12.1 Å². The number of hydrogen-bond acceptors (Lipinski definition) is 6. The van der Waals surface area contributed by atoms with Gasteiger partial charge in [-0.1, -0.05) is 30.0 Å². The van der Waals surface area contributed by atoms with Gasteiger partial charge in [-0.05, 0) is 42.8 Å². The van der Waals surface area contributed by atoms with E-state index in [0.717, 1.165) is 5.56 Å². The van der Waals surface area contributed by atoms with E-state index in [1.807, 2.05) is 0 Å². The van der Waals surface area contributed by atoms with Gasteiger partial charge in [-0.3, -0.25) is 9.89 Å². The van der Waals surface area contributed by atoms with Gasteiger partial charge in [0, 0.05) is 11.8 Å². The number of hydrogen-bond donors (Lipinski definition) is 2. The van der Waals surface area contributed by atoms with Crippen molar-refractivity contribution < 1.29 is 18.7 Å². The summed E-state index contributed by atoms with van der Waals surface area (Å²) in [6, 6.07) is 11.4. The maximum atomic E-state index is 12.9. The molecule has 1 unspecified atom stereocenters. The van der Waals surface area contributed by atoms with Crippen LogP contribution in [0.15, 0.2) is 47.6 Å². The standard InChI is InChI=1S/C20H17FN4O3S/c1-12(19(26)22-15-7-8-16-17(10-15)28-11-27-16)29-20-23-18(24-25-20)9-4-13-2-5-14(21)6-3-13/h2-10,12H,11H2,1H3,(H,22,26)(H,23,24,25). The molecule has 0 spiro atoms. The molecule has 7 nitrogen and oxygen atoms in total. The summed E-state index contributed by atoms with van der Waals surface area (Å²) in [5.41, 5.74) is 1.47. The van der Waals surface area contributed by atoms with Crippen molar-refractivity contribution in [2.45, 2.75) is 17.3 Å². The molecule has 29 heavy (non-hydrogen) atoms. The fourth-order valence-electron chi connectivity index (χ4n) is 2.56. The fraction of sp³-hybridized carbons (Fsp3) is 0.150. The first-order valence-electron chi connectivity index (χ1n) is 8.80. The zero-order valence-corrected chi connectivity index (χ0v) is 16.2. The lowest BCUT2D eigenvalue weighted by atomic mass is 10.2. The number of H-pyrrole nitrogens is 1. The molecule has 0 saturated carbocycles. The number of carbonyl (C=O) groups is 1. The number of carbonyl (C=O) groups excluding carboxylic acids is 1. The smallest absolute Gasteiger partial charge is 0.237 e. The van der Waals surface area contributed by atoms with Crippen LogP contribution in [0.4, 0.5) is 10.1 Å². The van der Waals surface area contributed by atoms with Crippen molar-refractivity contribution in [1.82, 2.24) is 15.2 Å². The average Bonchev–Trinajstić information content (AvgIpc) is 3.36. The van der Waals surface area contributed by atoms with Crippen LogP contribution in [0, 0.1) is 5.82 Å². The van der Waals surface area contributed by atoms with E-state index in [4.69, 9.17) is 9.47 Å². The number of nitrogens with zero attached hydrogens (tertiary/aromatic N) is 2. The van der Waals surface area contributed by atoms with E-state index in [1.54, 1.807) is 49.4 Å². The molecule has 3 aromatic rings. The second-order valence-electron chi connectivity index (χ2n) is 6.21.